The van der Waals surface area contributed by atoms with Gasteiger partial charge in [-0.3, -0.25) is 14.4 Å². The largest absolute Gasteiger partial charge is 0.462 e. The lowest BCUT2D eigenvalue weighted by Crippen LogP contribution is -2.30. The van der Waals surface area contributed by atoms with Crippen LogP contribution in [-0.4, -0.2) is 37.2 Å². The predicted molar refractivity (Wildman–Crippen MR) is 220 cm³/mol. The number of carbonyl (C=O) groups excluding carboxylic acids is 3. The molecule has 0 saturated heterocycles. The van der Waals surface area contributed by atoms with Crippen molar-refractivity contribution < 1.29 is 28.6 Å². The van der Waals surface area contributed by atoms with Crippen LogP contribution in [0.5, 0.6) is 0 Å². The molecule has 0 amide bonds. The summed E-state index contributed by atoms with van der Waals surface area (Å²) in [6.07, 6.45) is 37.0. The molecular weight excluding hydrogens is 649 g/mol. The van der Waals surface area contributed by atoms with Crippen molar-refractivity contribution in [1.82, 2.24) is 0 Å². The average molecular weight is 737 g/mol. The monoisotopic (exact) mass is 737 g/mol. The molecule has 6 nitrogen and oxygen atoms in total. The van der Waals surface area contributed by atoms with E-state index >= 15 is 0 Å². The van der Waals surface area contributed by atoms with Gasteiger partial charge < -0.3 is 14.2 Å². The van der Waals surface area contributed by atoms with Gasteiger partial charge in [-0.15, -0.1) is 0 Å². The molecule has 0 bridgehead atoms. The van der Waals surface area contributed by atoms with Gasteiger partial charge in [0.25, 0.3) is 0 Å². The highest BCUT2D eigenvalue weighted by molar-refractivity contribution is 5.71. The summed E-state index contributed by atoms with van der Waals surface area (Å²) in [6.45, 7) is 11.2. The van der Waals surface area contributed by atoms with E-state index in [0.717, 1.165) is 76.0 Å². The van der Waals surface area contributed by atoms with Gasteiger partial charge in [-0.1, -0.05) is 208 Å². The van der Waals surface area contributed by atoms with Crippen LogP contribution >= 0.6 is 0 Å². The number of ether oxygens (including phenoxy) is 3. The molecule has 0 rings (SSSR count). The molecule has 0 N–H and O–H groups in total. The van der Waals surface area contributed by atoms with Crippen molar-refractivity contribution in [3.8, 4) is 0 Å². The Balaban J connectivity index is 4.09. The van der Waals surface area contributed by atoms with Gasteiger partial charge in [0.1, 0.15) is 13.2 Å². The molecule has 0 saturated carbocycles. The molecule has 0 aromatic heterocycles. The third-order valence-electron chi connectivity index (χ3n) is 10.2. The van der Waals surface area contributed by atoms with E-state index in [1.54, 1.807) is 0 Å². The number of unbranched alkanes of at least 4 members (excludes halogenated alkanes) is 25. The van der Waals surface area contributed by atoms with Gasteiger partial charge in [-0.25, -0.2) is 0 Å². The van der Waals surface area contributed by atoms with Crippen LogP contribution in [0.2, 0.25) is 0 Å². The van der Waals surface area contributed by atoms with E-state index in [1.807, 2.05) is 0 Å². The summed E-state index contributed by atoms with van der Waals surface area (Å²) < 4.78 is 16.6. The van der Waals surface area contributed by atoms with E-state index in [-0.39, 0.29) is 31.1 Å². The first-order valence-corrected chi connectivity index (χ1v) is 22.7. The molecular formula is C46H88O6. The van der Waals surface area contributed by atoms with Crippen molar-refractivity contribution in [3.05, 3.63) is 0 Å². The van der Waals surface area contributed by atoms with E-state index in [1.165, 1.54) is 128 Å². The van der Waals surface area contributed by atoms with E-state index in [9.17, 15) is 14.4 Å². The Labute approximate surface area is 323 Å². The van der Waals surface area contributed by atoms with E-state index in [2.05, 4.69) is 34.6 Å². The van der Waals surface area contributed by atoms with Gasteiger partial charge >= 0.3 is 17.9 Å². The molecule has 0 aliphatic carbocycles. The van der Waals surface area contributed by atoms with Gasteiger partial charge in [0.15, 0.2) is 6.10 Å². The quantitative estimate of drug-likeness (QED) is 0.0354. The minimum Gasteiger partial charge on any atom is -0.462 e. The molecule has 0 aliphatic heterocycles. The fourth-order valence-electron chi connectivity index (χ4n) is 6.75. The second kappa shape index (κ2) is 39.1. The molecule has 0 unspecified atom stereocenters. The number of carbonyl (C=O) groups is 3. The minimum atomic E-state index is -0.758. The Morgan fingerprint density at radius 1 is 0.365 bits per heavy atom. The normalized spacial score (nSPS) is 12.1. The summed E-state index contributed by atoms with van der Waals surface area (Å²) in [5.74, 6) is 0.757. The number of hydrogen-bond acceptors (Lipinski definition) is 6. The van der Waals surface area contributed by atoms with Crippen LogP contribution in [0.4, 0.5) is 0 Å². The van der Waals surface area contributed by atoms with Crippen LogP contribution in [0.1, 0.15) is 247 Å². The first-order valence-electron chi connectivity index (χ1n) is 22.7. The smallest absolute Gasteiger partial charge is 0.306 e. The summed E-state index contributed by atoms with van der Waals surface area (Å²) in [7, 11) is 0. The van der Waals surface area contributed by atoms with Crippen molar-refractivity contribution in [3.63, 3.8) is 0 Å². The Morgan fingerprint density at radius 2 is 0.635 bits per heavy atom. The maximum absolute atomic E-state index is 12.6. The molecule has 0 heterocycles. The van der Waals surface area contributed by atoms with Crippen LogP contribution in [0.25, 0.3) is 0 Å². The summed E-state index contributed by atoms with van der Waals surface area (Å²) >= 11 is 0. The van der Waals surface area contributed by atoms with Gasteiger partial charge in [0.2, 0.25) is 0 Å². The van der Waals surface area contributed by atoms with Crippen molar-refractivity contribution >= 4 is 17.9 Å². The minimum absolute atomic E-state index is 0.0663. The molecule has 0 aromatic carbocycles. The van der Waals surface area contributed by atoms with Crippen molar-refractivity contribution in [1.29, 1.82) is 0 Å². The topological polar surface area (TPSA) is 78.9 Å². The predicted octanol–water partition coefficient (Wildman–Crippen LogP) is 14.2. The summed E-state index contributed by atoms with van der Waals surface area (Å²) in [5, 5.41) is 0. The zero-order valence-electron chi connectivity index (χ0n) is 35.4. The average Bonchev–Trinajstić information content (AvgIpc) is 3.11. The molecule has 52 heavy (non-hydrogen) atoms. The number of hydrogen-bond donors (Lipinski definition) is 0. The SMILES string of the molecule is CCCCCCCC(=O)OC[C@@H](COC(=O)CCCCCCCCCCCCCCCCCCC(C)C)OC(=O)CCCCCCCCCC(C)C. The molecule has 6 heteroatoms. The van der Waals surface area contributed by atoms with Crippen LogP contribution < -0.4 is 0 Å². The molecule has 0 aromatic rings. The van der Waals surface area contributed by atoms with Crippen molar-refractivity contribution in [2.75, 3.05) is 13.2 Å². The van der Waals surface area contributed by atoms with Gasteiger partial charge in [-0.05, 0) is 31.1 Å². The van der Waals surface area contributed by atoms with Crippen molar-refractivity contribution in [2.45, 2.75) is 253 Å². The number of rotatable bonds is 40. The van der Waals surface area contributed by atoms with Crippen LogP contribution in [-0.2, 0) is 28.6 Å². The maximum Gasteiger partial charge on any atom is 0.306 e. The molecule has 0 spiro atoms. The fraction of sp³-hybridized carbons (Fsp3) is 0.935. The highest BCUT2D eigenvalue weighted by Crippen LogP contribution is 2.17. The Morgan fingerprint density at radius 3 is 0.942 bits per heavy atom. The highest BCUT2D eigenvalue weighted by atomic mass is 16.6. The van der Waals surface area contributed by atoms with Crippen LogP contribution in [0, 0.1) is 11.8 Å². The zero-order chi connectivity index (χ0) is 38.3. The van der Waals surface area contributed by atoms with E-state index < -0.39 is 6.10 Å². The lowest BCUT2D eigenvalue weighted by molar-refractivity contribution is -0.167. The van der Waals surface area contributed by atoms with Crippen molar-refractivity contribution in [2.24, 2.45) is 11.8 Å². The standard InChI is InChI=1S/C46H88O6/c1-6-7-8-24-31-36-44(47)50-39-43(52-46(49)38-33-28-23-19-21-26-30-35-42(4)5)40-51-45(48)37-32-27-22-18-16-14-12-10-9-11-13-15-17-20-25-29-34-41(2)3/h41-43H,6-40H2,1-5H3/t43-/m0/s1. The Kier molecular flexibility index (Phi) is 37.9. The Hall–Kier alpha value is -1.59. The summed E-state index contributed by atoms with van der Waals surface area (Å²) in [5.41, 5.74) is 0. The third kappa shape index (κ3) is 39.6. The zero-order valence-corrected chi connectivity index (χ0v) is 35.4. The first kappa shape index (κ1) is 50.4. The van der Waals surface area contributed by atoms with Crippen LogP contribution in [0.15, 0.2) is 0 Å². The highest BCUT2D eigenvalue weighted by Gasteiger charge is 2.19. The third-order valence-corrected chi connectivity index (χ3v) is 10.2. The van der Waals surface area contributed by atoms with Gasteiger partial charge in [-0.2, -0.15) is 0 Å². The summed E-state index contributed by atoms with van der Waals surface area (Å²) in [6, 6.07) is 0. The molecule has 308 valence electrons. The maximum atomic E-state index is 12.6. The fourth-order valence-corrected chi connectivity index (χ4v) is 6.75. The van der Waals surface area contributed by atoms with Crippen LogP contribution in [0.3, 0.4) is 0 Å². The van der Waals surface area contributed by atoms with E-state index in [4.69, 9.17) is 14.2 Å². The Bertz CT molecular complexity index is 794. The lowest BCUT2D eigenvalue weighted by atomic mass is 10.0. The van der Waals surface area contributed by atoms with E-state index in [0.29, 0.717) is 19.3 Å². The van der Waals surface area contributed by atoms with Gasteiger partial charge in [0, 0.05) is 19.3 Å². The second-order valence-electron chi connectivity index (χ2n) is 16.6. The molecule has 0 fully saturated rings. The molecule has 1 atom stereocenters. The molecule has 0 radical (unpaired) electrons. The summed E-state index contributed by atoms with van der Waals surface area (Å²) in [4.78, 5) is 37.4. The number of esters is 3. The second-order valence-corrected chi connectivity index (χ2v) is 16.6. The lowest BCUT2D eigenvalue weighted by Gasteiger charge is -2.18. The first-order chi connectivity index (χ1) is 25.2. The van der Waals surface area contributed by atoms with Gasteiger partial charge in [0.05, 0.1) is 0 Å². The molecule has 0 aliphatic rings.